The van der Waals surface area contributed by atoms with Gasteiger partial charge in [0.1, 0.15) is 0 Å². The summed E-state index contributed by atoms with van der Waals surface area (Å²) in [5.41, 5.74) is 1.86. The first-order valence-corrected chi connectivity index (χ1v) is 11.8. The Morgan fingerprint density at radius 2 is 1.94 bits per heavy atom. The molecule has 1 aromatic carbocycles. The van der Waals surface area contributed by atoms with Crippen molar-refractivity contribution in [2.75, 3.05) is 71.4 Å². The summed E-state index contributed by atoms with van der Waals surface area (Å²) < 4.78 is 0. The Balaban J connectivity index is 1.53. The van der Waals surface area contributed by atoms with Crippen molar-refractivity contribution in [1.82, 2.24) is 20.0 Å². The normalized spacial score (nSPS) is 22.8. The molecule has 0 radical (unpaired) electrons. The zero-order valence-electron chi connectivity index (χ0n) is 19.5. The molecule has 0 saturated carbocycles. The third-order valence-corrected chi connectivity index (χ3v) is 7.00. The van der Waals surface area contributed by atoms with E-state index in [4.69, 9.17) is 0 Å². The Morgan fingerprint density at radius 3 is 2.64 bits per heavy atom. The van der Waals surface area contributed by atoms with Gasteiger partial charge in [-0.1, -0.05) is 0 Å². The molecule has 0 bridgehead atoms. The predicted octanol–water partition coefficient (Wildman–Crippen LogP) is 0.558. The number of carbonyl (C=O) groups is 2. The minimum Gasteiger partial charge on any atom is -0.365 e. The number of piperazine rings is 1. The lowest BCUT2D eigenvalue weighted by atomic mass is 9.83. The highest BCUT2D eigenvalue weighted by Crippen LogP contribution is 2.37. The molecule has 2 saturated heterocycles. The van der Waals surface area contributed by atoms with Gasteiger partial charge in [0.05, 0.1) is 23.4 Å². The van der Waals surface area contributed by atoms with Crippen LogP contribution in [0.2, 0.25) is 0 Å². The standard InChI is InChI=1S/C23H34N6O4/c1-25(2)10-7-24-23(31)19-14-17-13-18(29(32)33)5-6-20(17)28-12-11-26(15-21(19)28)16-22(30)27-8-3-4-9-27/h5-6,13,19,21H,3-4,7-12,14-16H2,1-2H3,(H,24,31)/t19-,21-/m1/s1. The van der Waals surface area contributed by atoms with Crippen molar-refractivity contribution < 1.29 is 14.5 Å². The largest absolute Gasteiger partial charge is 0.365 e. The average molecular weight is 459 g/mol. The lowest BCUT2D eigenvalue weighted by Gasteiger charge is -2.49. The van der Waals surface area contributed by atoms with Crippen molar-refractivity contribution in [3.63, 3.8) is 0 Å². The maximum atomic E-state index is 13.2. The fourth-order valence-electron chi connectivity index (χ4n) is 5.22. The highest BCUT2D eigenvalue weighted by Gasteiger charge is 2.42. The van der Waals surface area contributed by atoms with Crippen molar-refractivity contribution in [3.8, 4) is 0 Å². The van der Waals surface area contributed by atoms with Crippen LogP contribution in [0, 0.1) is 16.0 Å². The lowest BCUT2D eigenvalue weighted by Crippen LogP contribution is -2.62. The Labute approximate surface area is 194 Å². The van der Waals surface area contributed by atoms with Crippen LogP contribution in [0.4, 0.5) is 11.4 Å². The number of hydrogen-bond donors (Lipinski definition) is 1. The lowest BCUT2D eigenvalue weighted by molar-refractivity contribution is -0.384. The highest BCUT2D eigenvalue weighted by atomic mass is 16.6. The molecule has 33 heavy (non-hydrogen) atoms. The first-order valence-electron chi connectivity index (χ1n) is 11.8. The summed E-state index contributed by atoms with van der Waals surface area (Å²) in [4.78, 5) is 45.2. The Bertz CT molecular complexity index is 901. The number of rotatable bonds is 7. The molecule has 10 nitrogen and oxygen atoms in total. The second-order valence-corrected chi connectivity index (χ2v) is 9.56. The van der Waals surface area contributed by atoms with Crippen LogP contribution in [0.15, 0.2) is 18.2 Å². The van der Waals surface area contributed by atoms with Crippen LogP contribution in [0.1, 0.15) is 18.4 Å². The van der Waals surface area contributed by atoms with E-state index in [0.29, 0.717) is 32.6 Å². The van der Waals surface area contributed by atoms with Gasteiger partial charge in [-0.25, -0.2) is 0 Å². The molecule has 2 amide bonds. The van der Waals surface area contributed by atoms with E-state index in [0.717, 1.165) is 50.3 Å². The van der Waals surface area contributed by atoms with Crippen LogP contribution in [0.25, 0.3) is 0 Å². The van der Waals surface area contributed by atoms with Gasteiger partial charge in [0, 0.05) is 63.6 Å². The van der Waals surface area contributed by atoms with Gasteiger partial charge in [-0.2, -0.15) is 0 Å². The summed E-state index contributed by atoms with van der Waals surface area (Å²) in [5.74, 6) is -0.192. The van der Waals surface area contributed by atoms with E-state index >= 15 is 0 Å². The zero-order valence-corrected chi connectivity index (χ0v) is 19.5. The molecule has 3 heterocycles. The summed E-state index contributed by atoms with van der Waals surface area (Å²) >= 11 is 0. The number of likely N-dealkylation sites (N-methyl/N-ethyl adjacent to an activating group) is 1. The van der Waals surface area contributed by atoms with Gasteiger partial charge in [0.2, 0.25) is 11.8 Å². The molecule has 2 fully saturated rings. The number of nitrogens with one attached hydrogen (secondary N) is 1. The third kappa shape index (κ3) is 5.27. The molecule has 0 unspecified atom stereocenters. The first kappa shape index (κ1) is 23.4. The predicted molar refractivity (Wildman–Crippen MR) is 125 cm³/mol. The molecule has 180 valence electrons. The molecular weight excluding hydrogens is 424 g/mol. The van der Waals surface area contributed by atoms with Crippen molar-refractivity contribution in [2.45, 2.75) is 25.3 Å². The second-order valence-electron chi connectivity index (χ2n) is 9.56. The second kappa shape index (κ2) is 10.0. The number of non-ortho nitro benzene ring substituents is 1. The highest BCUT2D eigenvalue weighted by molar-refractivity contribution is 5.82. The number of nitro benzene ring substituents is 1. The van der Waals surface area contributed by atoms with Crippen LogP contribution in [0.5, 0.6) is 0 Å². The number of likely N-dealkylation sites (tertiary alicyclic amines) is 1. The molecule has 0 aromatic heterocycles. The fraction of sp³-hybridized carbons (Fsp3) is 0.652. The minimum atomic E-state index is -0.388. The van der Waals surface area contributed by atoms with E-state index in [1.165, 1.54) is 6.07 Å². The minimum absolute atomic E-state index is 0.0308. The molecule has 2 atom stereocenters. The summed E-state index contributed by atoms with van der Waals surface area (Å²) in [5, 5.41) is 14.4. The molecular formula is C23H34N6O4. The number of amides is 2. The molecule has 0 spiro atoms. The van der Waals surface area contributed by atoms with Gasteiger partial charge >= 0.3 is 0 Å². The summed E-state index contributed by atoms with van der Waals surface area (Å²) in [6.07, 6.45) is 2.60. The van der Waals surface area contributed by atoms with Gasteiger partial charge in [0.15, 0.2) is 0 Å². The number of carbonyl (C=O) groups excluding carboxylic acids is 2. The van der Waals surface area contributed by atoms with Crippen molar-refractivity contribution in [3.05, 3.63) is 33.9 Å². The molecule has 3 aliphatic rings. The number of nitro groups is 1. The molecule has 0 aliphatic carbocycles. The van der Waals surface area contributed by atoms with E-state index in [9.17, 15) is 19.7 Å². The van der Waals surface area contributed by atoms with Crippen LogP contribution >= 0.6 is 0 Å². The number of nitrogens with zero attached hydrogens (tertiary/aromatic N) is 5. The average Bonchev–Trinajstić information content (AvgIpc) is 3.33. The van der Waals surface area contributed by atoms with Crippen LogP contribution < -0.4 is 10.2 Å². The van der Waals surface area contributed by atoms with Gasteiger partial charge in [-0.15, -0.1) is 0 Å². The van der Waals surface area contributed by atoms with Gasteiger partial charge < -0.3 is 20.0 Å². The third-order valence-electron chi connectivity index (χ3n) is 7.00. The van der Waals surface area contributed by atoms with E-state index in [1.807, 2.05) is 30.0 Å². The molecule has 10 heteroatoms. The molecule has 3 aliphatic heterocycles. The van der Waals surface area contributed by atoms with Crippen LogP contribution in [-0.2, 0) is 16.0 Å². The molecule has 1 aromatic rings. The van der Waals surface area contributed by atoms with E-state index < -0.39 is 0 Å². The Kier molecular flexibility index (Phi) is 7.14. The zero-order chi connectivity index (χ0) is 23.5. The Hall–Kier alpha value is -2.72. The van der Waals surface area contributed by atoms with E-state index in [1.54, 1.807) is 6.07 Å². The van der Waals surface area contributed by atoms with Crippen LogP contribution in [0.3, 0.4) is 0 Å². The molecule has 4 rings (SSSR count). The van der Waals surface area contributed by atoms with Gasteiger partial charge in [-0.3, -0.25) is 24.6 Å². The first-order chi connectivity index (χ1) is 15.8. The van der Waals surface area contributed by atoms with E-state index in [2.05, 4.69) is 15.1 Å². The van der Waals surface area contributed by atoms with Gasteiger partial charge in [0.25, 0.3) is 5.69 Å². The van der Waals surface area contributed by atoms with Crippen molar-refractivity contribution in [1.29, 1.82) is 0 Å². The maximum Gasteiger partial charge on any atom is 0.269 e. The Morgan fingerprint density at radius 1 is 1.18 bits per heavy atom. The fourth-order valence-corrected chi connectivity index (χ4v) is 5.22. The smallest absolute Gasteiger partial charge is 0.269 e. The maximum absolute atomic E-state index is 13.2. The summed E-state index contributed by atoms with van der Waals surface area (Å²) in [6, 6.07) is 4.88. The monoisotopic (exact) mass is 458 g/mol. The summed E-state index contributed by atoms with van der Waals surface area (Å²) in [6.45, 7) is 5.38. The quantitative estimate of drug-likeness (QED) is 0.470. The number of fused-ring (bicyclic) bond motifs is 3. The van der Waals surface area contributed by atoms with Crippen LogP contribution in [-0.4, -0.2) is 104 Å². The van der Waals surface area contributed by atoms with Gasteiger partial charge in [-0.05, 0) is 45.0 Å². The summed E-state index contributed by atoms with van der Waals surface area (Å²) in [7, 11) is 3.92. The van der Waals surface area contributed by atoms with Crippen molar-refractivity contribution in [2.24, 2.45) is 5.92 Å². The molecule has 1 N–H and O–H groups in total. The SMILES string of the molecule is CN(C)CCNC(=O)[C@@H]1Cc2cc([N+](=O)[O-])ccc2N2CCN(CC(=O)N3CCCC3)C[C@H]12. The number of benzene rings is 1. The van der Waals surface area contributed by atoms with E-state index in [-0.39, 0.29) is 34.4 Å². The number of hydrogen-bond acceptors (Lipinski definition) is 7. The number of anilines is 1. The van der Waals surface area contributed by atoms with Crippen molar-refractivity contribution >= 4 is 23.2 Å². The topological polar surface area (TPSA) is 102 Å².